The molecular formula is C14H15BrClNO2. The number of hydrogen-bond acceptors (Lipinski definition) is 2. The number of carbonyl (C=O) groups excluding carboxylic acids is 2. The van der Waals surface area contributed by atoms with Gasteiger partial charge in [-0.25, -0.2) is 0 Å². The second-order valence-electron chi connectivity index (χ2n) is 4.83. The Balaban J connectivity index is 2.18. The van der Waals surface area contributed by atoms with E-state index in [0.29, 0.717) is 29.5 Å². The van der Waals surface area contributed by atoms with Crippen molar-refractivity contribution in [2.75, 3.05) is 6.54 Å². The van der Waals surface area contributed by atoms with Crippen molar-refractivity contribution < 1.29 is 9.59 Å². The molecule has 2 rings (SSSR count). The molecule has 0 aromatic heterocycles. The topological polar surface area (TPSA) is 37.4 Å². The summed E-state index contributed by atoms with van der Waals surface area (Å²) in [6.45, 7) is 2.61. The molecule has 1 saturated heterocycles. The molecule has 0 N–H and O–H groups in total. The molecule has 19 heavy (non-hydrogen) atoms. The lowest BCUT2D eigenvalue weighted by Crippen LogP contribution is -2.32. The molecule has 3 nitrogen and oxygen atoms in total. The molecule has 5 heteroatoms. The van der Waals surface area contributed by atoms with E-state index in [1.165, 1.54) is 4.90 Å². The Bertz CT molecular complexity index is 498. The van der Waals surface area contributed by atoms with Crippen LogP contribution in [-0.4, -0.2) is 23.3 Å². The quantitative estimate of drug-likeness (QED) is 0.780. The first-order chi connectivity index (χ1) is 9.01. The van der Waals surface area contributed by atoms with E-state index < -0.39 is 0 Å². The fourth-order valence-electron chi connectivity index (χ4n) is 2.41. The third-order valence-corrected chi connectivity index (χ3v) is 3.93. The Morgan fingerprint density at radius 1 is 1.47 bits per heavy atom. The van der Waals surface area contributed by atoms with Gasteiger partial charge in [0.05, 0.1) is 0 Å². The van der Waals surface area contributed by atoms with Crippen LogP contribution >= 0.6 is 27.5 Å². The second kappa shape index (κ2) is 6.06. The zero-order valence-electron chi connectivity index (χ0n) is 10.7. The van der Waals surface area contributed by atoms with Crippen molar-refractivity contribution in [1.82, 2.24) is 4.90 Å². The van der Waals surface area contributed by atoms with Gasteiger partial charge >= 0.3 is 0 Å². The zero-order valence-corrected chi connectivity index (χ0v) is 13.0. The molecule has 102 valence electrons. The summed E-state index contributed by atoms with van der Waals surface area (Å²) in [4.78, 5) is 25.6. The van der Waals surface area contributed by atoms with E-state index in [1.54, 1.807) is 18.2 Å². The first-order valence-electron chi connectivity index (χ1n) is 6.32. The smallest absolute Gasteiger partial charge is 0.260 e. The van der Waals surface area contributed by atoms with Crippen LogP contribution < -0.4 is 0 Å². The van der Waals surface area contributed by atoms with Crippen molar-refractivity contribution in [1.29, 1.82) is 0 Å². The highest BCUT2D eigenvalue weighted by Crippen LogP contribution is 2.26. The number of nitrogens with zero attached hydrogens (tertiary/aromatic N) is 1. The van der Waals surface area contributed by atoms with Crippen LogP contribution in [0.3, 0.4) is 0 Å². The Morgan fingerprint density at radius 2 is 2.21 bits per heavy atom. The van der Waals surface area contributed by atoms with Crippen molar-refractivity contribution in [3.8, 4) is 0 Å². The summed E-state index contributed by atoms with van der Waals surface area (Å²) >= 11 is 9.23. The minimum absolute atomic E-state index is 0.0838. The summed E-state index contributed by atoms with van der Waals surface area (Å²) in [7, 11) is 0. The highest BCUT2D eigenvalue weighted by atomic mass is 79.9. The van der Waals surface area contributed by atoms with E-state index in [9.17, 15) is 9.59 Å². The predicted octanol–water partition coefficient (Wildman–Crippen LogP) is 3.89. The average molecular weight is 345 g/mol. The Labute approximate surface area is 126 Å². The van der Waals surface area contributed by atoms with Crippen molar-refractivity contribution >= 4 is 39.3 Å². The summed E-state index contributed by atoms with van der Waals surface area (Å²) < 4.78 is 0.736. The van der Waals surface area contributed by atoms with E-state index in [-0.39, 0.29) is 11.8 Å². The van der Waals surface area contributed by atoms with Gasteiger partial charge in [0, 0.05) is 28.0 Å². The van der Waals surface area contributed by atoms with Gasteiger partial charge < -0.3 is 0 Å². The molecule has 1 aliphatic heterocycles. The van der Waals surface area contributed by atoms with Crippen molar-refractivity contribution in [2.24, 2.45) is 5.92 Å². The van der Waals surface area contributed by atoms with Gasteiger partial charge in [-0.15, -0.1) is 0 Å². The number of rotatable bonds is 3. The molecule has 2 amide bonds. The van der Waals surface area contributed by atoms with Crippen LogP contribution in [0.5, 0.6) is 0 Å². The molecule has 0 aliphatic carbocycles. The maximum absolute atomic E-state index is 12.3. The van der Waals surface area contributed by atoms with E-state index >= 15 is 0 Å². The highest BCUT2D eigenvalue weighted by Gasteiger charge is 2.33. The summed E-state index contributed by atoms with van der Waals surface area (Å²) in [5.74, 6) is -0.0459. The van der Waals surface area contributed by atoms with Crippen molar-refractivity contribution in [3.63, 3.8) is 0 Å². The summed E-state index contributed by atoms with van der Waals surface area (Å²) in [6.07, 6.45) is 2.48. The Hall–Kier alpha value is -0.870. The van der Waals surface area contributed by atoms with Gasteiger partial charge in [0.2, 0.25) is 5.91 Å². The predicted molar refractivity (Wildman–Crippen MR) is 78.2 cm³/mol. The van der Waals surface area contributed by atoms with E-state index in [0.717, 1.165) is 17.3 Å². The zero-order chi connectivity index (χ0) is 14.0. The van der Waals surface area contributed by atoms with Gasteiger partial charge in [-0.3, -0.25) is 14.5 Å². The normalized spacial score (nSPS) is 19.0. The fourth-order valence-corrected chi connectivity index (χ4v) is 3.27. The lowest BCUT2D eigenvalue weighted by Gasteiger charge is -2.15. The molecule has 1 fully saturated rings. The van der Waals surface area contributed by atoms with Gasteiger partial charge in [-0.2, -0.15) is 0 Å². The second-order valence-corrected chi connectivity index (χ2v) is 6.18. The van der Waals surface area contributed by atoms with Crippen molar-refractivity contribution in [2.45, 2.75) is 26.2 Å². The lowest BCUT2D eigenvalue weighted by atomic mass is 10.0. The molecule has 0 radical (unpaired) electrons. The van der Waals surface area contributed by atoms with Crippen LogP contribution in [0, 0.1) is 5.92 Å². The number of halogens is 2. The summed E-state index contributed by atoms with van der Waals surface area (Å²) in [5.41, 5.74) is 0.449. The molecular weight excluding hydrogens is 330 g/mol. The van der Waals surface area contributed by atoms with Gasteiger partial charge in [-0.1, -0.05) is 40.9 Å². The minimum Gasteiger partial charge on any atom is -0.278 e. The third-order valence-electron chi connectivity index (χ3n) is 3.26. The maximum Gasteiger partial charge on any atom is 0.260 e. The summed E-state index contributed by atoms with van der Waals surface area (Å²) in [5, 5.41) is 0.481. The average Bonchev–Trinajstić information content (AvgIpc) is 2.68. The minimum atomic E-state index is -0.258. The van der Waals surface area contributed by atoms with Crippen molar-refractivity contribution in [3.05, 3.63) is 33.3 Å². The Morgan fingerprint density at radius 3 is 2.84 bits per heavy atom. The molecule has 1 aromatic carbocycles. The van der Waals surface area contributed by atoms with Gasteiger partial charge in [0.1, 0.15) is 0 Å². The molecule has 1 atom stereocenters. The van der Waals surface area contributed by atoms with Crippen LogP contribution in [0.15, 0.2) is 22.7 Å². The molecule has 1 unspecified atom stereocenters. The van der Waals surface area contributed by atoms with Gasteiger partial charge in [-0.05, 0) is 30.5 Å². The van der Waals surface area contributed by atoms with Gasteiger partial charge in [0.15, 0.2) is 0 Å². The van der Waals surface area contributed by atoms with E-state index in [2.05, 4.69) is 22.9 Å². The molecule has 1 aromatic rings. The van der Waals surface area contributed by atoms with Crippen LogP contribution in [-0.2, 0) is 4.79 Å². The van der Waals surface area contributed by atoms with Crippen LogP contribution in [0.25, 0.3) is 0 Å². The Kier molecular flexibility index (Phi) is 4.63. The SMILES string of the molecule is CCCC1CC(=O)N(C(=O)c2cc(Cl)cc(Br)c2)C1. The molecule has 0 bridgehead atoms. The van der Waals surface area contributed by atoms with E-state index in [4.69, 9.17) is 11.6 Å². The first kappa shape index (κ1) is 14.5. The number of amides is 2. The van der Waals surface area contributed by atoms with E-state index in [1.807, 2.05) is 0 Å². The molecule has 1 aliphatic rings. The molecule has 0 spiro atoms. The first-order valence-corrected chi connectivity index (χ1v) is 7.49. The lowest BCUT2D eigenvalue weighted by molar-refractivity contribution is -0.125. The number of likely N-dealkylation sites (tertiary alicyclic amines) is 1. The number of imide groups is 1. The highest BCUT2D eigenvalue weighted by molar-refractivity contribution is 9.10. The number of hydrogen-bond donors (Lipinski definition) is 0. The summed E-state index contributed by atoms with van der Waals surface area (Å²) in [6, 6.07) is 4.99. The third kappa shape index (κ3) is 3.37. The fraction of sp³-hybridized carbons (Fsp3) is 0.429. The van der Waals surface area contributed by atoms with Crippen LogP contribution in [0.4, 0.5) is 0 Å². The maximum atomic E-state index is 12.3. The number of carbonyl (C=O) groups is 2. The largest absolute Gasteiger partial charge is 0.278 e. The van der Waals surface area contributed by atoms with Gasteiger partial charge in [0.25, 0.3) is 5.91 Å². The number of benzene rings is 1. The molecule has 0 saturated carbocycles. The standard InChI is InChI=1S/C14H15BrClNO2/c1-2-3-9-4-13(18)17(8-9)14(19)10-5-11(15)7-12(16)6-10/h5-7,9H,2-4,8H2,1H3. The van der Waals surface area contributed by atoms with Crippen LogP contribution in [0.2, 0.25) is 5.02 Å². The molecule has 1 heterocycles. The monoisotopic (exact) mass is 343 g/mol. The van der Waals surface area contributed by atoms with Crippen LogP contribution in [0.1, 0.15) is 36.5 Å².